The number of hydrogen-bond acceptors (Lipinski definition) is 5. The zero-order valence-corrected chi connectivity index (χ0v) is 18.2. The maximum Gasteiger partial charge on any atom is 0.387 e. The van der Waals surface area contributed by atoms with E-state index in [1.54, 1.807) is 30.1 Å². The van der Waals surface area contributed by atoms with E-state index in [1.807, 2.05) is 0 Å². The van der Waals surface area contributed by atoms with Crippen molar-refractivity contribution in [1.29, 1.82) is 0 Å². The maximum atomic E-state index is 12.6. The smallest absolute Gasteiger partial charge is 0.387 e. The van der Waals surface area contributed by atoms with Crippen LogP contribution in [0.15, 0.2) is 30.6 Å². The first-order valence-corrected chi connectivity index (χ1v) is 10.3. The van der Waals surface area contributed by atoms with Gasteiger partial charge in [0.25, 0.3) is 0 Å². The summed E-state index contributed by atoms with van der Waals surface area (Å²) in [6.07, 6.45) is 3.27. The minimum absolute atomic E-state index is 0.0106. The number of carboxylic acid groups (broad SMARTS) is 2. The van der Waals surface area contributed by atoms with E-state index in [0.29, 0.717) is 29.8 Å². The van der Waals surface area contributed by atoms with Crippen molar-refractivity contribution in [3.8, 4) is 16.9 Å². The second kappa shape index (κ2) is 10.4. The lowest BCUT2D eigenvalue weighted by molar-refractivity contribution is -0.148. The van der Waals surface area contributed by atoms with Crippen LogP contribution in [0.4, 0.5) is 8.78 Å². The summed E-state index contributed by atoms with van der Waals surface area (Å²) in [6.45, 7) is -0.770. The van der Waals surface area contributed by atoms with Gasteiger partial charge in [0.2, 0.25) is 0 Å². The number of carboxylic acids is 2. The van der Waals surface area contributed by atoms with Crippen LogP contribution in [0.5, 0.6) is 5.75 Å². The van der Waals surface area contributed by atoms with E-state index in [2.05, 4.69) is 20.0 Å². The molecule has 1 atom stereocenters. The van der Waals surface area contributed by atoms with Gasteiger partial charge in [-0.1, -0.05) is 17.7 Å². The van der Waals surface area contributed by atoms with Gasteiger partial charge in [-0.2, -0.15) is 19.0 Å². The molecule has 3 N–H and O–H groups in total. The number of aryl methyl sites for hydroxylation is 2. The fraction of sp³-hybridized carbons (Fsp3) is 0.333. The van der Waals surface area contributed by atoms with Gasteiger partial charge in [-0.3, -0.25) is 19.4 Å². The third kappa shape index (κ3) is 6.28. The summed E-state index contributed by atoms with van der Waals surface area (Å²) in [5.41, 5.74) is 3.31. The van der Waals surface area contributed by atoms with Crippen molar-refractivity contribution in [2.45, 2.75) is 39.3 Å². The first-order valence-electron chi connectivity index (χ1n) is 9.88. The van der Waals surface area contributed by atoms with Crippen LogP contribution in [0, 0.1) is 12.8 Å². The van der Waals surface area contributed by atoms with Crippen molar-refractivity contribution in [1.82, 2.24) is 20.0 Å². The highest BCUT2D eigenvalue weighted by Crippen LogP contribution is 2.31. The molecule has 9 nitrogen and oxygen atoms in total. The van der Waals surface area contributed by atoms with Crippen molar-refractivity contribution in [3.05, 3.63) is 52.6 Å². The van der Waals surface area contributed by atoms with Crippen molar-refractivity contribution in [3.63, 3.8) is 0 Å². The molecule has 2 heterocycles. The van der Waals surface area contributed by atoms with Crippen LogP contribution < -0.4 is 4.74 Å². The summed E-state index contributed by atoms with van der Waals surface area (Å²) < 4.78 is 31.2. The van der Waals surface area contributed by atoms with E-state index in [1.165, 1.54) is 12.1 Å². The van der Waals surface area contributed by atoms with E-state index in [-0.39, 0.29) is 17.2 Å². The number of aromatic nitrogens is 4. The fourth-order valence-corrected chi connectivity index (χ4v) is 3.59. The number of rotatable bonds is 11. The molecule has 0 aliphatic heterocycles. The molecule has 0 saturated carbocycles. The Labute approximate surface area is 191 Å². The number of alkyl halides is 2. The first kappa shape index (κ1) is 24.2. The van der Waals surface area contributed by atoms with Crippen LogP contribution in [0.25, 0.3) is 11.1 Å². The number of aromatic amines is 1. The normalized spacial score (nSPS) is 12.2. The molecule has 3 aromatic rings. The molecule has 0 radical (unpaired) electrons. The number of nitrogens with zero attached hydrogens (tertiary/aromatic N) is 3. The number of hydrogen-bond donors (Lipinski definition) is 3. The quantitative estimate of drug-likeness (QED) is 0.379. The number of aliphatic carboxylic acids is 2. The Bertz CT molecular complexity index is 1150. The van der Waals surface area contributed by atoms with E-state index in [4.69, 9.17) is 16.7 Å². The summed E-state index contributed by atoms with van der Waals surface area (Å²) in [7, 11) is 0. The van der Waals surface area contributed by atoms with Gasteiger partial charge in [0, 0.05) is 30.4 Å². The molecule has 0 bridgehead atoms. The highest BCUT2D eigenvalue weighted by atomic mass is 35.5. The lowest BCUT2D eigenvalue weighted by atomic mass is 9.96. The van der Waals surface area contributed by atoms with Gasteiger partial charge >= 0.3 is 18.6 Å². The standard InChI is InChI=1S/C21H21ClF2N4O5/c1-11-15(17(27-26-11)6-13(20(31)32)8-19(29)30)4-5-28-10-14(9-25-28)12-2-3-16(22)18(7-12)33-21(23)24/h2-3,7,9-10,13,21H,4-6,8H2,1H3,(H,26,27)(H,29,30)(H,31,32). The molecule has 0 fully saturated rings. The zero-order valence-electron chi connectivity index (χ0n) is 17.5. The molecular weight excluding hydrogens is 462 g/mol. The Morgan fingerprint density at radius 3 is 2.70 bits per heavy atom. The molecule has 0 spiro atoms. The number of nitrogens with one attached hydrogen (secondary N) is 1. The van der Waals surface area contributed by atoms with Crippen molar-refractivity contribution in [2.75, 3.05) is 0 Å². The maximum absolute atomic E-state index is 12.6. The van der Waals surface area contributed by atoms with Crippen LogP contribution in [0.1, 0.15) is 23.4 Å². The third-order valence-corrected chi connectivity index (χ3v) is 5.39. The molecule has 0 aliphatic rings. The van der Waals surface area contributed by atoms with E-state index < -0.39 is 30.9 Å². The fourth-order valence-electron chi connectivity index (χ4n) is 3.42. The molecule has 0 saturated heterocycles. The Hall–Kier alpha value is -3.47. The Kier molecular flexibility index (Phi) is 7.64. The molecule has 1 aromatic carbocycles. The third-order valence-electron chi connectivity index (χ3n) is 5.07. The minimum Gasteiger partial charge on any atom is -0.481 e. The Morgan fingerprint density at radius 2 is 2.03 bits per heavy atom. The molecule has 12 heteroatoms. The summed E-state index contributed by atoms with van der Waals surface area (Å²) >= 11 is 5.90. The lowest BCUT2D eigenvalue weighted by Gasteiger charge is -2.10. The molecule has 0 amide bonds. The van der Waals surface area contributed by atoms with Crippen molar-refractivity contribution >= 4 is 23.5 Å². The largest absolute Gasteiger partial charge is 0.481 e. The summed E-state index contributed by atoms with van der Waals surface area (Å²) in [6, 6.07) is 4.53. The second-order valence-electron chi connectivity index (χ2n) is 7.38. The first-order chi connectivity index (χ1) is 15.6. The highest BCUT2D eigenvalue weighted by Gasteiger charge is 2.24. The summed E-state index contributed by atoms with van der Waals surface area (Å²) in [5.74, 6) is -3.61. The molecule has 2 aromatic heterocycles. The van der Waals surface area contributed by atoms with E-state index in [0.717, 1.165) is 11.3 Å². The van der Waals surface area contributed by atoms with E-state index >= 15 is 0 Å². The van der Waals surface area contributed by atoms with Gasteiger partial charge < -0.3 is 14.9 Å². The summed E-state index contributed by atoms with van der Waals surface area (Å²) in [4.78, 5) is 22.4. The number of carbonyl (C=O) groups is 2. The predicted octanol–water partition coefficient (Wildman–Crippen LogP) is 3.80. The van der Waals surface area contributed by atoms with Gasteiger partial charge in [-0.15, -0.1) is 0 Å². The average Bonchev–Trinajstić information content (AvgIpc) is 3.34. The molecule has 33 heavy (non-hydrogen) atoms. The molecule has 3 rings (SSSR count). The molecular formula is C21H21ClF2N4O5. The number of halogens is 3. The lowest BCUT2D eigenvalue weighted by Crippen LogP contribution is -2.21. The van der Waals surface area contributed by atoms with Gasteiger partial charge in [0.05, 0.1) is 29.3 Å². The van der Waals surface area contributed by atoms with Crippen LogP contribution >= 0.6 is 11.6 Å². The topological polar surface area (TPSA) is 130 Å². The SMILES string of the molecule is Cc1[nH]nc(CC(CC(=O)O)C(=O)O)c1CCn1cc(-c2ccc(Cl)c(OC(F)F)c2)cn1. The van der Waals surface area contributed by atoms with Crippen LogP contribution in [-0.4, -0.2) is 48.7 Å². The second-order valence-corrected chi connectivity index (χ2v) is 7.78. The number of H-pyrrole nitrogens is 1. The van der Waals surface area contributed by atoms with Crippen LogP contribution in [-0.2, 0) is 29.0 Å². The van der Waals surface area contributed by atoms with Crippen LogP contribution in [0.2, 0.25) is 5.02 Å². The molecule has 1 unspecified atom stereocenters. The number of ether oxygens (including phenoxy) is 1. The van der Waals surface area contributed by atoms with E-state index in [9.17, 15) is 23.5 Å². The van der Waals surface area contributed by atoms with Gasteiger partial charge in [-0.25, -0.2) is 0 Å². The van der Waals surface area contributed by atoms with Crippen molar-refractivity contribution < 1.29 is 33.3 Å². The van der Waals surface area contributed by atoms with Gasteiger partial charge in [0.15, 0.2) is 0 Å². The Balaban J connectivity index is 1.72. The predicted molar refractivity (Wildman–Crippen MR) is 113 cm³/mol. The average molecular weight is 483 g/mol. The minimum atomic E-state index is -3.00. The zero-order chi connectivity index (χ0) is 24.1. The highest BCUT2D eigenvalue weighted by molar-refractivity contribution is 6.32. The summed E-state index contributed by atoms with van der Waals surface area (Å²) in [5, 5.41) is 29.6. The Morgan fingerprint density at radius 1 is 1.27 bits per heavy atom. The monoisotopic (exact) mass is 482 g/mol. The van der Waals surface area contributed by atoms with Gasteiger partial charge in [-0.05, 0) is 36.6 Å². The molecule has 176 valence electrons. The van der Waals surface area contributed by atoms with Crippen molar-refractivity contribution in [2.24, 2.45) is 5.92 Å². The van der Waals surface area contributed by atoms with Crippen LogP contribution in [0.3, 0.4) is 0 Å². The number of benzene rings is 1. The van der Waals surface area contributed by atoms with Gasteiger partial charge in [0.1, 0.15) is 5.75 Å². The molecule has 0 aliphatic carbocycles.